The maximum absolute atomic E-state index is 11.3. The van der Waals surface area contributed by atoms with Crippen molar-refractivity contribution < 1.29 is 14.7 Å². The van der Waals surface area contributed by atoms with Gasteiger partial charge in [0, 0.05) is 7.05 Å². The molecule has 84 valence electrons. The number of rotatable bonds is 2. The fraction of sp³-hybridized carbons (Fsp3) is 0.273. The molecule has 0 aromatic heterocycles. The Balaban J connectivity index is 2.34. The van der Waals surface area contributed by atoms with Gasteiger partial charge in [-0.15, -0.1) is 0 Å². The predicted octanol–water partition coefficient (Wildman–Crippen LogP) is 0.702. The van der Waals surface area contributed by atoms with Crippen LogP contribution in [0.1, 0.15) is 5.56 Å². The van der Waals surface area contributed by atoms with Crippen molar-refractivity contribution >= 4 is 23.3 Å². The Morgan fingerprint density at radius 3 is 3.00 bits per heavy atom. The van der Waals surface area contributed by atoms with Gasteiger partial charge in [0.25, 0.3) is 0 Å². The molecule has 2 rings (SSSR count). The van der Waals surface area contributed by atoms with Crippen molar-refractivity contribution in [2.75, 3.05) is 23.8 Å². The molecule has 0 saturated heterocycles. The van der Waals surface area contributed by atoms with Crippen LogP contribution < -0.4 is 10.2 Å². The lowest BCUT2D eigenvalue weighted by molar-refractivity contribution is -0.136. The predicted molar refractivity (Wildman–Crippen MR) is 59.7 cm³/mol. The molecule has 1 amide bonds. The third kappa shape index (κ3) is 1.98. The van der Waals surface area contributed by atoms with Crippen LogP contribution in [-0.2, 0) is 16.0 Å². The molecule has 16 heavy (non-hydrogen) atoms. The van der Waals surface area contributed by atoms with Crippen LogP contribution in [0.3, 0.4) is 0 Å². The Morgan fingerprint density at radius 2 is 2.31 bits per heavy atom. The van der Waals surface area contributed by atoms with Crippen molar-refractivity contribution in [2.45, 2.75) is 6.42 Å². The van der Waals surface area contributed by atoms with Crippen LogP contribution in [0, 0.1) is 0 Å². The minimum Gasteiger partial charge on any atom is -0.481 e. The van der Waals surface area contributed by atoms with E-state index in [1.54, 1.807) is 23.1 Å². The molecule has 0 saturated carbocycles. The summed E-state index contributed by atoms with van der Waals surface area (Å²) >= 11 is 0. The van der Waals surface area contributed by atoms with Gasteiger partial charge < -0.3 is 15.3 Å². The summed E-state index contributed by atoms with van der Waals surface area (Å²) in [5, 5.41) is 11.4. The zero-order valence-electron chi connectivity index (χ0n) is 8.86. The number of anilines is 2. The van der Waals surface area contributed by atoms with Gasteiger partial charge in [-0.2, -0.15) is 0 Å². The normalized spacial score (nSPS) is 14.3. The zero-order chi connectivity index (χ0) is 11.7. The van der Waals surface area contributed by atoms with Crippen LogP contribution >= 0.6 is 0 Å². The molecular weight excluding hydrogens is 208 g/mol. The van der Waals surface area contributed by atoms with Crippen molar-refractivity contribution in [1.82, 2.24) is 0 Å². The number of carbonyl (C=O) groups is 2. The third-order valence-electron chi connectivity index (χ3n) is 2.48. The number of carbonyl (C=O) groups excluding carboxylic acids is 1. The van der Waals surface area contributed by atoms with E-state index in [4.69, 9.17) is 5.11 Å². The standard InChI is InChI=1S/C11H12N2O3/c1-13-6-10(14)12-8-3-2-7(4-9(8)13)5-11(15)16/h2-4H,5-6H2,1H3,(H,12,14)(H,15,16). The molecule has 1 aromatic carbocycles. The fourth-order valence-corrected chi connectivity index (χ4v) is 1.77. The maximum Gasteiger partial charge on any atom is 0.307 e. The van der Waals surface area contributed by atoms with E-state index < -0.39 is 5.97 Å². The van der Waals surface area contributed by atoms with Gasteiger partial charge in [0.05, 0.1) is 24.3 Å². The van der Waals surface area contributed by atoms with Crippen LogP contribution in [-0.4, -0.2) is 30.6 Å². The van der Waals surface area contributed by atoms with E-state index in [-0.39, 0.29) is 12.3 Å². The van der Waals surface area contributed by atoms with Crippen molar-refractivity contribution in [3.8, 4) is 0 Å². The number of nitrogens with one attached hydrogen (secondary N) is 1. The molecule has 0 unspecified atom stereocenters. The van der Waals surface area contributed by atoms with Crippen LogP contribution in [0.4, 0.5) is 11.4 Å². The third-order valence-corrected chi connectivity index (χ3v) is 2.48. The molecule has 0 radical (unpaired) electrons. The van der Waals surface area contributed by atoms with Crippen LogP contribution in [0.2, 0.25) is 0 Å². The second kappa shape index (κ2) is 3.84. The summed E-state index contributed by atoms with van der Waals surface area (Å²) in [7, 11) is 1.81. The number of benzene rings is 1. The molecule has 1 aliphatic heterocycles. The Hall–Kier alpha value is -2.04. The highest BCUT2D eigenvalue weighted by Gasteiger charge is 2.19. The van der Waals surface area contributed by atoms with Gasteiger partial charge in [0.15, 0.2) is 0 Å². The topological polar surface area (TPSA) is 69.6 Å². The molecule has 1 heterocycles. The number of carboxylic acid groups (broad SMARTS) is 1. The number of aliphatic carboxylic acids is 1. The highest BCUT2D eigenvalue weighted by Crippen LogP contribution is 2.29. The van der Waals surface area contributed by atoms with Crippen molar-refractivity contribution in [3.05, 3.63) is 23.8 Å². The lowest BCUT2D eigenvalue weighted by atomic mass is 10.1. The highest BCUT2D eigenvalue weighted by atomic mass is 16.4. The Bertz CT molecular complexity index is 457. The van der Waals surface area contributed by atoms with Crippen LogP contribution in [0.15, 0.2) is 18.2 Å². The number of hydrogen-bond acceptors (Lipinski definition) is 3. The first-order valence-corrected chi connectivity index (χ1v) is 4.92. The quantitative estimate of drug-likeness (QED) is 0.769. The fourth-order valence-electron chi connectivity index (χ4n) is 1.77. The first-order valence-electron chi connectivity index (χ1n) is 4.92. The molecule has 1 aromatic rings. The van der Waals surface area contributed by atoms with Crippen LogP contribution in [0.25, 0.3) is 0 Å². The SMILES string of the molecule is CN1CC(=O)Nc2ccc(CC(=O)O)cc21. The van der Waals surface area contributed by atoms with E-state index in [0.717, 1.165) is 16.9 Å². The Kier molecular flexibility index (Phi) is 2.52. The molecule has 0 spiro atoms. The Labute approximate surface area is 92.7 Å². The monoisotopic (exact) mass is 220 g/mol. The lowest BCUT2D eigenvalue weighted by Crippen LogP contribution is -2.35. The number of nitrogens with zero attached hydrogens (tertiary/aromatic N) is 1. The van der Waals surface area contributed by atoms with Gasteiger partial charge in [0.2, 0.25) is 5.91 Å². The average Bonchev–Trinajstić information content (AvgIpc) is 2.18. The van der Waals surface area contributed by atoms with Crippen molar-refractivity contribution in [1.29, 1.82) is 0 Å². The molecule has 5 nitrogen and oxygen atoms in total. The molecule has 0 fully saturated rings. The summed E-state index contributed by atoms with van der Waals surface area (Å²) < 4.78 is 0. The molecular formula is C11H12N2O3. The van der Waals surface area contributed by atoms with Gasteiger partial charge >= 0.3 is 5.97 Å². The minimum atomic E-state index is -0.859. The van der Waals surface area contributed by atoms with E-state index in [1.807, 2.05) is 7.05 Å². The number of likely N-dealkylation sites (N-methyl/N-ethyl adjacent to an activating group) is 1. The molecule has 0 bridgehead atoms. The highest BCUT2D eigenvalue weighted by molar-refractivity contribution is 6.01. The maximum atomic E-state index is 11.3. The van der Waals surface area contributed by atoms with E-state index in [1.165, 1.54) is 0 Å². The molecule has 1 aliphatic rings. The van der Waals surface area contributed by atoms with E-state index in [9.17, 15) is 9.59 Å². The van der Waals surface area contributed by atoms with Gasteiger partial charge in [-0.25, -0.2) is 0 Å². The van der Waals surface area contributed by atoms with Crippen LogP contribution in [0.5, 0.6) is 0 Å². The molecule has 2 N–H and O–H groups in total. The van der Waals surface area contributed by atoms with Crippen molar-refractivity contribution in [2.24, 2.45) is 0 Å². The summed E-state index contributed by atoms with van der Waals surface area (Å²) in [4.78, 5) is 23.6. The number of carboxylic acids is 1. The van der Waals surface area contributed by atoms with E-state index >= 15 is 0 Å². The van der Waals surface area contributed by atoms with Crippen molar-refractivity contribution in [3.63, 3.8) is 0 Å². The first kappa shape index (κ1) is 10.5. The molecule has 0 aliphatic carbocycles. The number of amides is 1. The van der Waals surface area contributed by atoms with Gasteiger partial charge in [-0.1, -0.05) is 6.07 Å². The lowest BCUT2D eigenvalue weighted by Gasteiger charge is -2.27. The summed E-state index contributed by atoms with van der Waals surface area (Å²) in [5.74, 6) is -0.913. The largest absolute Gasteiger partial charge is 0.481 e. The molecule has 0 atom stereocenters. The summed E-state index contributed by atoms with van der Waals surface area (Å²) in [5.41, 5.74) is 2.32. The van der Waals surface area contributed by atoms with Gasteiger partial charge in [-0.05, 0) is 17.7 Å². The first-order chi connectivity index (χ1) is 7.56. The average molecular weight is 220 g/mol. The molecule has 5 heteroatoms. The van der Waals surface area contributed by atoms with Gasteiger partial charge in [-0.3, -0.25) is 9.59 Å². The van der Waals surface area contributed by atoms with E-state index in [0.29, 0.717) is 6.54 Å². The Morgan fingerprint density at radius 1 is 1.56 bits per heavy atom. The summed E-state index contributed by atoms with van der Waals surface area (Å²) in [6.07, 6.45) is -0.00489. The summed E-state index contributed by atoms with van der Waals surface area (Å²) in [6, 6.07) is 5.25. The second-order valence-corrected chi connectivity index (χ2v) is 3.83. The van der Waals surface area contributed by atoms with E-state index in [2.05, 4.69) is 5.32 Å². The number of fused-ring (bicyclic) bond motifs is 1. The summed E-state index contributed by atoms with van der Waals surface area (Å²) in [6.45, 7) is 0.295. The smallest absolute Gasteiger partial charge is 0.307 e. The van der Waals surface area contributed by atoms with Gasteiger partial charge in [0.1, 0.15) is 0 Å². The zero-order valence-corrected chi connectivity index (χ0v) is 8.86. The minimum absolute atomic E-state index is 0.00489. The second-order valence-electron chi connectivity index (χ2n) is 3.83. The number of hydrogen-bond donors (Lipinski definition) is 2.